The van der Waals surface area contributed by atoms with Crippen molar-refractivity contribution in [3.05, 3.63) is 41.4 Å². The highest BCUT2D eigenvalue weighted by Crippen LogP contribution is 2.35. The SMILES string of the molecule is CCN(CC)CCC[C@H](C)Nc1c2cc(Cl)ccc2nc2ccc(OC)cc12. The van der Waals surface area contributed by atoms with Crippen molar-refractivity contribution in [2.24, 2.45) is 0 Å². The standard InChI is InChI=1S/C23H30ClN3O/c1-5-27(6-2)13-7-8-16(3)25-23-19-14-17(24)9-11-21(19)26-22-12-10-18(28-4)15-20(22)23/h9-12,14-16H,5-8,13H2,1-4H3,(H,25,26)/t16-/m0/s1. The smallest absolute Gasteiger partial charge is 0.119 e. The van der Waals surface area contributed by atoms with Crippen LogP contribution in [0.3, 0.4) is 0 Å². The van der Waals surface area contributed by atoms with Crippen molar-refractivity contribution in [2.75, 3.05) is 32.1 Å². The summed E-state index contributed by atoms with van der Waals surface area (Å²) in [5, 5.41) is 6.57. The second kappa shape index (κ2) is 9.44. The Bertz CT molecular complexity index is 940. The lowest BCUT2D eigenvalue weighted by atomic mass is 10.1. The summed E-state index contributed by atoms with van der Waals surface area (Å²) in [5.74, 6) is 0.827. The molecule has 0 aliphatic rings. The number of hydrogen-bond donors (Lipinski definition) is 1. The van der Waals surface area contributed by atoms with Crippen LogP contribution in [0, 0.1) is 0 Å². The molecule has 150 valence electrons. The Kier molecular flexibility index (Phi) is 6.97. The van der Waals surface area contributed by atoms with E-state index in [2.05, 4.69) is 31.0 Å². The van der Waals surface area contributed by atoms with Crippen LogP contribution in [0.2, 0.25) is 5.02 Å². The maximum absolute atomic E-state index is 6.30. The summed E-state index contributed by atoms with van der Waals surface area (Å²) in [6.07, 6.45) is 2.27. The van der Waals surface area contributed by atoms with Gasteiger partial charge >= 0.3 is 0 Å². The average Bonchev–Trinajstić information content (AvgIpc) is 2.71. The van der Waals surface area contributed by atoms with Crippen LogP contribution in [-0.2, 0) is 0 Å². The van der Waals surface area contributed by atoms with Gasteiger partial charge in [-0.1, -0.05) is 25.4 Å². The Morgan fingerprint density at radius 2 is 1.75 bits per heavy atom. The molecule has 5 heteroatoms. The highest BCUT2D eigenvalue weighted by molar-refractivity contribution is 6.31. The Morgan fingerprint density at radius 3 is 2.43 bits per heavy atom. The predicted octanol–water partition coefficient (Wildman–Crippen LogP) is 5.97. The molecule has 0 aliphatic carbocycles. The fourth-order valence-corrected chi connectivity index (χ4v) is 3.83. The minimum absolute atomic E-state index is 0.342. The number of nitrogens with one attached hydrogen (secondary N) is 1. The number of anilines is 1. The molecular weight excluding hydrogens is 370 g/mol. The molecule has 0 aliphatic heterocycles. The van der Waals surface area contributed by atoms with Crippen LogP contribution in [-0.4, -0.2) is 42.7 Å². The van der Waals surface area contributed by atoms with E-state index in [0.29, 0.717) is 11.1 Å². The molecule has 1 aromatic heterocycles. The van der Waals surface area contributed by atoms with Crippen molar-refractivity contribution >= 4 is 39.1 Å². The lowest BCUT2D eigenvalue weighted by molar-refractivity contribution is 0.295. The number of halogens is 1. The van der Waals surface area contributed by atoms with Gasteiger partial charge in [0, 0.05) is 21.8 Å². The third-order valence-electron chi connectivity index (χ3n) is 5.34. The molecule has 2 aromatic carbocycles. The summed E-state index contributed by atoms with van der Waals surface area (Å²) in [5.41, 5.74) is 2.98. The van der Waals surface area contributed by atoms with Gasteiger partial charge < -0.3 is 15.0 Å². The largest absolute Gasteiger partial charge is 0.497 e. The van der Waals surface area contributed by atoms with Gasteiger partial charge in [0.2, 0.25) is 0 Å². The van der Waals surface area contributed by atoms with Gasteiger partial charge in [-0.3, -0.25) is 0 Å². The van der Waals surface area contributed by atoms with Crippen molar-refractivity contribution in [3.8, 4) is 5.75 Å². The molecule has 3 rings (SSSR count). The molecule has 3 aromatic rings. The molecule has 0 fully saturated rings. The molecule has 1 heterocycles. The Labute approximate surface area is 172 Å². The molecular formula is C23H30ClN3O. The second-order valence-corrected chi connectivity index (χ2v) is 7.68. The summed E-state index contributed by atoms with van der Waals surface area (Å²) in [6, 6.07) is 12.2. The third kappa shape index (κ3) is 4.68. The van der Waals surface area contributed by atoms with Crippen LogP contribution in [0.25, 0.3) is 21.8 Å². The van der Waals surface area contributed by atoms with Gasteiger partial charge in [-0.05, 0) is 75.8 Å². The minimum Gasteiger partial charge on any atom is -0.497 e. The maximum Gasteiger partial charge on any atom is 0.119 e. The lowest BCUT2D eigenvalue weighted by Crippen LogP contribution is -2.25. The van der Waals surface area contributed by atoms with E-state index in [4.69, 9.17) is 21.3 Å². The minimum atomic E-state index is 0.342. The zero-order valence-electron chi connectivity index (χ0n) is 17.3. The van der Waals surface area contributed by atoms with Crippen molar-refractivity contribution in [1.29, 1.82) is 0 Å². The van der Waals surface area contributed by atoms with E-state index in [0.717, 1.165) is 59.3 Å². The predicted molar refractivity (Wildman–Crippen MR) is 121 cm³/mol. The third-order valence-corrected chi connectivity index (χ3v) is 5.57. The average molecular weight is 400 g/mol. The van der Waals surface area contributed by atoms with Crippen LogP contribution in [0.4, 0.5) is 5.69 Å². The number of rotatable bonds is 9. The summed E-state index contributed by atoms with van der Waals surface area (Å²) in [4.78, 5) is 7.28. The van der Waals surface area contributed by atoms with Gasteiger partial charge in [-0.2, -0.15) is 0 Å². The van der Waals surface area contributed by atoms with E-state index in [-0.39, 0.29) is 0 Å². The van der Waals surface area contributed by atoms with Crippen molar-refractivity contribution in [1.82, 2.24) is 9.88 Å². The molecule has 1 N–H and O–H groups in total. The molecule has 1 atom stereocenters. The quantitative estimate of drug-likeness (QED) is 0.449. The summed E-state index contributed by atoms with van der Waals surface area (Å²) in [7, 11) is 1.69. The molecule has 0 unspecified atom stereocenters. The number of methoxy groups -OCH3 is 1. The van der Waals surface area contributed by atoms with E-state index < -0.39 is 0 Å². The van der Waals surface area contributed by atoms with Gasteiger partial charge in [0.15, 0.2) is 0 Å². The van der Waals surface area contributed by atoms with Crippen LogP contribution in [0.1, 0.15) is 33.6 Å². The van der Waals surface area contributed by atoms with Gasteiger partial charge in [0.05, 0.1) is 23.8 Å². The van der Waals surface area contributed by atoms with Gasteiger partial charge in [-0.15, -0.1) is 0 Å². The van der Waals surface area contributed by atoms with Crippen LogP contribution in [0.15, 0.2) is 36.4 Å². The van der Waals surface area contributed by atoms with E-state index in [1.54, 1.807) is 7.11 Å². The number of ether oxygens (including phenoxy) is 1. The Morgan fingerprint density at radius 1 is 1.07 bits per heavy atom. The van der Waals surface area contributed by atoms with Crippen LogP contribution < -0.4 is 10.1 Å². The first kappa shape index (κ1) is 20.7. The van der Waals surface area contributed by atoms with E-state index in [1.807, 2.05) is 36.4 Å². The molecule has 0 spiro atoms. The normalized spacial score (nSPS) is 12.6. The fraction of sp³-hybridized carbons (Fsp3) is 0.435. The van der Waals surface area contributed by atoms with E-state index in [1.165, 1.54) is 6.42 Å². The Balaban J connectivity index is 1.93. The highest BCUT2D eigenvalue weighted by atomic mass is 35.5. The molecule has 28 heavy (non-hydrogen) atoms. The topological polar surface area (TPSA) is 37.4 Å². The first-order valence-corrected chi connectivity index (χ1v) is 10.5. The molecule has 4 nitrogen and oxygen atoms in total. The molecule has 0 saturated carbocycles. The number of aromatic nitrogens is 1. The lowest BCUT2D eigenvalue weighted by Gasteiger charge is -2.22. The van der Waals surface area contributed by atoms with Crippen molar-refractivity contribution in [3.63, 3.8) is 0 Å². The molecule has 0 radical (unpaired) electrons. The molecule has 0 bridgehead atoms. The van der Waals surface area contributed by atoms with Crippen LogP contribution >= 0.6 is 11.6 Å². The highest BCUT2D eigenvalue weighted by Gasteiger charge is 2.13. The zero-order chi connectivity index (χ0) is 20.1. The zero-order valence-corrected chi connectivity index (χ0v) is 18.0. The summed E-state index contributed by atoms with van der Waals surface area (Å²) >= 11 is 6.30. The van der Waals surface area contributed by atoms with Crippen molar-refractivity contribution in [2.45, 2.75) is 39.7 Å². The first-order valence-electron chi connectivity index (χ1n) is 10.1. The summed E-state index contributed by atoms with van der Waals surface area (Å²) in [6.45, 7) is 10.0. The van der Waals surface area contributed by atoms with Gasteiger partial charge in [0.1, 0.15) is 5.75 Å². The van der Waals surface area contributed by atoms with Crippen molar-refractivity contribution < 1.29 is 4.74 Å². The van der Waals surface area contributed by atoms with Gasteiger partial charge in [0.25, 0.3) is 0 Å². The van der Waals surface area contributed by atoms with Gasteiger partial charge in [-0.25, -0.2) is 4.98 Å². The maximum atomic E-state index is 6.30. The number of hydrogen-bond acceptors (Lipinski definition) is 4. The van der Waals surface area contributed by atoms with E-state index >= 15 is 0 Å². The number of pyridine rings is 1. The number of nitrogens with zero attached hydrogens (tertiary/aromatic N) is 2. The molecule has 0 saturated heterocycles. The first-order chi connectivity index (χ1) is 13.5. The van der Waals surface area contributed by atoms with E-state index in [9.17, 15) is 0 Å². The molecule has 0 amide bonds. The Hall–Kier alpha value is -2.04. The number of fused-ring (bicyclic) bond motifs is 2. The number of benzene rings is 2. The van der Waals surface area contributed by atoms with Crippen LogP contribution in [0.5, 0.6) is 5.75 Å². The summed E-state index contributed by atoms with van der Waals surface area (Å²) < 4.78 is 5.45. The monoisotopic (exact) mass is 399 g/mol. The second-order valence-electron chi connectivity index (χ2n) is 7.25. The fourth-order valence-electron chi connectivity index (χ4n) is 3.66.